The first-order valence-corrected chi connectivity index (χ1v) is 9.09. The van der Waals surface area contributed by atoms with Gasteiger partial charge in [-0.2, -0.15) is 0 Å². The minimum absolute atomic E-state index is 0.0122. The zero-order chi connectivity index (χ0) is 19.8. The Morgan fingerprint density at radius 3 is 2.75 bits per heavy atom. The molecule has 1 amide bonds. The predicted molar refractivity (Wildman–Crippen MR) is 101 cm³/mol. The van der Waals surface area contributed by atoms with Gasteiger partial charge in [-0.3, -0.25) is 14.5 Å². The topological polar surface area (TPSA) is 90.2 Å². The number of hydrogen-bond donors (Lipinski definition) is 1. The number of rotatable bonds is 8. The van der Waals surface area contributed by atoms with Crippen molar-refractivity contribution < 1.29 is 23.4 Å². The van der Waals surface area contributed by atoms with Gasteiger partial charge in [-0.1, -0.05) is 18.2 Å². The number of benzene rings is 1. The average Bonchev–Trinajstić information content (AvgIpc) is 2.72. The third-order valence-electron chi connectivity index (χ3n) is 4.36. The second kappa shape index (κ2) is 9.91. The lowest BCUT2D eigenvalue weighted by Crippen LogP contribution is -2.35. The molecule has 2 heterocycles. The Morgan fingerprint density at radius 1 is 1.21 bits per heavy atom. The van der Waals surface area contributed by atoms with Gasteiger partial charge in [-0.25, -0.2) is 0 Å². The summed E-state index contributed by atoms with van der Waals surface area (Å²) >= 11 is 0. The lowest BCUT2D eigenvalue weighted by molar-refractivity contribution is -0.123. The van der Waals surface area contributed by atoms with Gasteiger partial charge in [0.1, 0.15) is 17.8 Å². The molecule has 0 unspecified atom stereocenters. The summed E-state index contributed by atoms with van der Waals surface area (Å²) in [6.45, 7) is 3.52. The molecule has 1 aliphatic heterocycles. The van der Waals surface area contributed by atoms with E-state index in [4.69, 9.17) is 18.6 Å². The van der Waals surface area contributed by atoms with Gasteiger partial charge in [0.25, 0.3) is 5.91 Å². The Balaban J connectivity index is 1.48. The Labute approximate surface area is 163 Å². The smallest absolute Gasteiger partial charge is 0.258 e. The number of ether oxygens (including phenoxy) is 3. The molecule has 1 aliphatic rings. The third kappa shape index (κ3) is 5.58. The van der Waals surface area contributed by atoms with Crippen molar-refractivity contribution in [2.24, 2.45) is 0 Å². The number of hydrogen-bond acceptors (Lipinski definition) is 7. The molecule has 8 heteroatoms. The van der Waals surface area contributed by atoms with Crippen molar-refractivity contribution >= 4 is 5.91 Å². The van der Waals surface area contributed by atoms with E-state index in [0.29, 0.717) is 37.8 Å². The molecule has 1 aromatic carbocycles. The maximum atomic E-state index is 12.2. The van der Waals surface area contributed by atoms with Gasteiger partial charge in [0.15, 0.2) is 6.61 Å². The Morgan fingerprint density at radius 2 is 2.00 bits per heavy atom. The normalized spacial score (nSPS) is 14.5. The van der Waals surface area contributed by atoms with Crippen molar-refractivity contribution in [2.45, 2.75) is 13.1 Å². The highest BCUT2D eigenvalue weighted by atomic mass is 16.5. The molecule has 1 fully saturated rings. The van der Waals surface area contributed by atoms with E-state index in [-0.39, 0.29) is 23.7 Å². The monoisotopic (exact) mass is 388 g/mol. The summed E-state index contributed by atoms with van der Waals surface area (Å²) < 4.78 is 21.3. The van der Waals surface area contributed by atoms with Crippen LogP contribution in [0.25, 0.3) is 0 Å². The molecule has 1 aromatic heterocycles. The number of carbonyl (C=O) groups is 1. The number of nitrogens with zero attached hydrogens (tertiary/aromatic N) is 1. The first-order valence-electron chi connectivity index (χ1n) is 9.09. The second-order valence-corrected chi connectivity index (χ2v) is 6.34. The van der Waals surface area contributed by atoms with Crippen LogP contribution < -0.4 is 20.2 Å². The summed E-state index contributed by atoms with van der Waals surface area (Å²) in [5.41, 5.74) is 0.539. The molecule has 0 radical (unpaired) electrons. The molecular formula is C20H24N2O6. The predicted octanol–water partition coefficient (Wildman–Crippen LogP) is 1.18. The van der Waals surface area contributed by atoms with Gasteiger partial charge >= 0.3 is 0 Å². The van der Waals surface area contributed by atoms with E-state index in [2.05, 4.69) is 10.2 Å². The molecule has 28 heavy (non-hydrogen) atoms. The fourth-order valence-corrected chi connectivity index (χ4v) is 2.84. The highest BCUT2D eigenvalue weighted by Gasteiger charge is 2.14. The zero-order valence-electron chi connectivity index (χ0n) is 15.8. The van der Waals surface area contributed by atoms with E-state index in [9.17, 15) is 9.59 Å². The van der Waals surface area contributed by atoms with Crippen LogP contribution in [0.1, 0.15) is 11.3 Å². The van der Waals surface area contributed by atoms with Crippen molar-refractivity contribution in [1.82, 2.24) is 10.2 Å². The van der Waals surface area contributed by atoms with Gasteiger partial charge in [0.05, 0.1) is 26.9 Å². The first-order chi connectivity index (χ1) is 13.7. The Bertz CT molecular complexity index is 845. The molecule has 150 valence electrons. The van der Waals surface area contributed by atoms with Gasteiger partial charge in [-0.15, -0.1) is 0 Å². The van der Waals surface area contributed by atoms with Crippen molar-refractivity contribution in [2.75, 3.05) is 40.0 Å². The number of morpholine rings is 1. The lowest BCUT2D eigenvalue weighted by Gasteiger charge is -2.25. The van der Waals surface area contributed by atoms with E-state index in [0.717, 1.165) is 18.7 Å². The van der Waals surface area contributed by atoms with Gasteiger partial charge in [-0.05, 0) is 6.07 Å². The fourth-order valence-electron chi connectivity index (χ4n) is 2.84. The molecule has 0 aliphatic carbocycles. The van der Waals surface area contributed by atoms with Crippen molar-refractivity contribution in [3.63, 3.8) is 0 Å². The number of methoxy groups -OCH3 is 1. The molecule has 0 atom stereocenters. The minimum Gasteiger partial charge on any atom is -0.496 e. The van der Waals surface area contributed by atoms with Crippen LogP contribution in [-0.2, 0) is 22.6 Å². The largest absolute Gasteiger partial charge is 0.496 e. The second-order valence-electron chi connectivity index (χ2n) is 6.34. The zero-order valence-corrected chi connectivity index (χ0v) is 15.8. The highest BCUT2D eigenvalue weighted by molar-refractivity contribution is 5.77. The molecule has 8 nitrogen and oxygen atoms in total. The highest BCUT2D eigenvalue weighted by Crippen LogP contribution is 2.16. The quantitative estimate of drug-likeness (QED) is 0.726. The fraction of sp³-hybridized carbons (Fsp3) is 0.400. The summed E-state index contributed by atoms with van der Waals surface area (Å²) in [5, 5.41) is 2.73. The van der Waals surface area contributed by atoms with Crippen LogP contribution in [0.3, 0.4) is 0 Å². The van der Waals surface area contributed by atoms with Crippen molar-refractivity contribution in [3.05, 3.63) is 58.1 Å². The molecular weight excluding hydrogens is 364 g/mol. The van der Waals surface area contributed by atoms with Crippen LogP contribution in [0, 0.1) is 0 Å². The SMILES string of the molecule is COc1ccccc1CNC(=O)COc1coc(CN2CCOCC2)cc1=O. The van der Waals surface area contributed by atoms with Crippen molar-refractivity contribution in [1.29, 1.82) is 0 Å². The molecule has 0 bridgehead atoms. The van der Waals surface area contributed by atoms with E-state index in [1.807, 2.05) is 24.3 Å². The van der Waals surface area contributed by atoms with Crippen molar-refractivity contribution in [3.8, 4) is 11.5 Å². The van der Waals surface area contributed by atoms with Gasteiger partial charge < -0.3 is 23.9 Å². The summed E-state index contributed by atoms with van der Waals surface area (Å²) in [6, 6.07) is 8.81. The standard InChI is InChI=1S/C20H24N2O6/c1-25-18-5-3-2-4-15(18)11-21-20(24)14-28-19-13-27-16(10-17(19)23)12-22-6-8-26-9-7-22/h2-5,10,13H,6-9,11-12,14H2,1H3,(H,21,24). The summed E-state index contributed by atoms with van der Waals surface area (Å²) in [6.07, 6.45) is 1.26. The van der Waals surface area contributed by atoms with Crippen LogP contribution >= 0.6 is 0 Å². The van der Waals surface area contributed by atoms with Crippen LogP contribution in [0.15, 0.2) is 45.8 Å². The molecule has 1 saturated heterocycles. The molecule has 3 rings (SSSR count). The molecule has 2 aromatic rings. The molecule has 0 saturated carbocycles. The van der Waals surface area contributed by atoms with Gasteiger partial charge in [0, 0.05) is 31.3 Å². The lowest BCUT2D eigenvalue weighted by atomic mass is 10.2. The summed E-state index contributed by atoms with van der Waals surface area (Å²) in [7, 11) is 1.58. The third-order valence-corrected chi connectivity index (χ3v) is 4.36. The Kier molecular flexibility index (Phi) is 7.05. The summed E-state index contributed by atoms with van der Waals surface area (Å²) in [4.78, 5) is 26.3. The summed E-state index contributed by atoms with van der Waals surface area (Å²) in [5.74, 6) is 0.918. The van der Waals surface area contributed by atoms with E-state index < -0.39 is 0 Å². The van der Waals surface area contributed by atoms with E-state index in [1.165, 1.54) is 12.3 Å². The number of nitrogens with one attached hydrogen (secondary N) is 1. The van der Waals surface area contributed by atoms with E-state index >= 15 is 0 Å². The van der Waals surface area contributed by atoms with Crippen LogP contribution in [0.2, 0.25) is 0 Å². The van der Waals surface area contributed by atoms with E-state index in [1.54, 1.807) is 7.11 Å². The Hall–Kier alpha value is -2.84. The molecule has 1 N–H and O–H groups in total. The van der Waals surface area contributed by atoms with Crippen LogP contribution in [0.5, 0.6) is 11.5 Å². The minimum atomic E-state index is -0.345. The van der Waals surface area contributed by atoms with Gasteiger partial charge in [0.2, 0.25) is 11.2 Å². The number of amides is 1. The number of carbonyl (C=O) groups excluding carboxylic acids is 1. The molecule has 0 spiro atoms. The average molecular weight is 388 g/mol. The van der Waals surface area contributed by atoms with Crippen LogP contribution in [-0.4, -0.2) is 50.8 Å². The number of para-hydroxylation sites is 1. The maximum absolute atomic E-state index is 12.2. The maximum Gasteiger partial charge on any atom is 0.258 e. The van der Waals surface area contributed by atoms with Crippen LogP contribution in [0.4, 0.5) is 0 Å². The first kappa shape index (κ1) is 19.9.